The van der Waals surface area contributed by atoms with Crippen molar-refractivity contribution in [3.8, 4) is 0 Å². The standard InChI is InChI=1S/C6H7ClN2O3S/c1-9-5(10)3-2-4(8)6(9)13(7,11)12/h2-3H,8H2,1H3. The van der Waals surface area contributed by atoms with E-state index in [1.807, 2.05) is 0 Å². The maximum atomic E-state index is 11.0. The fourth-order valence-electron chi connectivity index (χ4n) is 0.942. The third kappa shape index (κ3) is 1.84. The van der Waals surface area contributed by atoms with E-state index in [-0.39, 0.29) is 10.7 Å². The molecule has 0 fully saturated rings. The minimum atomic E-state index is -3.98. The van der Waals surface area contributed by atoms with Crippen molar-refractivity contribution in [3.63, 3.8) is 0 Å². The van der Waals surface area contributed by atoms with Crippen molar-refractivity contribution >= 4 is 25.4 Å². The van der Waals surface area contributed by atoms with Crippen LogP contribution < -0.4 is 11.3 Å². The summed E-state index contributed by atoms with van der Waals surface area (Å²) in [7, 11) is 2.38. The summed E-state index contributed by atoms with van der Waals surface area (Å²) >= 11 is 0. The van der Waals surface area contributed by atoms with Gasteiger partial charge in [-0.3, -0.25) is 9.36 Å². The second-order valence-corrected chi connectivity index (χ2v) is 4.91. The molecule has 1 aromatic heterocycles. The molecule has 72 valence electrons. The van der Waals surface area contributed by atoms with Gasteiger partial charge in [-0.1, -0.05) is 0 Å². The number of rotatable bonds is 1. The van der Waals surface area contributed by atoms with Crippen LogP contribution in [-0.4, -0.2) is 13.0 Å². The number of hydrogen-bond acceptors (Lipinski definition) is 4. The summed E-state index contributed by atoms with van der Waals surface area (Å²) in [5, 5.41) is -0.373. The lowest BCUT2D eigenvalue weighted by Gasteiger charge is -2.06. The zero-order valence-corrected chi connectivity index (χ0v) is 8.26. The van der Waals surface area contributed by atoms with Gasteiger partial charge in [0.05, 0.1) is 5.69 Å². The van der Waals surface area contributed by atoms with E-state index in [0.717, 1.165) is 4.57 Å². The third-order valence-electron chi connectivity index (χ3n) is 1.52. The van der Waals surface area contributed by atoms with Crippen molar-refractivity contribution in [2.24, 2.45) is 7.05 Å². The van der Waals surface area contributed by atoms with Crippen LogP contribution in [0.25, 0.3) is 0 Å². The smallest absolute Gasteiger partial charge is 0.279 e. The largest absolute Gasteiger partial charge is 0.396 e. The first kappa shape index (κ1) is 10.1. The highest BCUT2D eigenvalue weighted by Gasteiger charge is 2.17. The molecule has 13 heavy (non-hydrogen) atoms. The van der Waals surface area contributed by atoms with Crippen LogP contribution >= 0.6 is 10.7 Å². The zero-order chi connectivity index (χ0) is 10.2. The highest BCUT2D eigenvalue weighted by Crippen LogP contribution is 2.18. The van der Waals surface area contributed by atoms with Crippen LogP contribution in [0.15, 0.2) is 22.0 Å². The summed E-state index contributed by atoms with van der Waals surface area (Å²) in [4.78, 5) is 11.0. The predicted molar refractivity (Wildman–Crippen MR) is 49.1 cm³/mol. The molecular formula is C6H7ClN2O3S. The van der Waals surface area contributed by atoms with Crippen LogP contribution in [0.1, 0.15) is 0 Å². The maximum Gasteiger partial charge on any atom is 0.279 e. The fraction of sp³-hybridized carbons (Fsp3) is 0.167. The van der Waals surface area contributed by atoms with Gasteiger partial charge < -0.3 is 5.73 Å². The van der Waals surface area contributed by atoms with Crippen molar-refractivity contribution < 1.29 is 8.42 Å². The van der Waals surface area contributed by atoms with Gasteiger partial charge in [-0.15, -0.1) is 0 Å². The Bertz CT molecular complexity index is 491. The number of nitrogens with two attached hydrogens (primary N) is 1. The van der Waals surface area contributed by atoms with Gasteiger partial charge in [0.1, 0.15) is 0 Å². The first-order valence-electron chi connectivity index (χ1n) is 3.24. The SMILES string of the molecule is Cn1c(S(=O)(=O)Cl)c(N)ccc1=O. The lowest BCUT2D eigenvalue weighted by molar-refractivity contribution is 0.596. The molecule has 0 aliphatic heterocycles. The molecule has 7 heteroatoms. The lowest BCUT2D eigenvalue weighted by atomic mass is 10.4. The third-order valence-corrected chi connectivity index (χ3v) is 2.93. The molecule has 5 nitrogen and oxygen atoms in total. The van der Waals surface area contributed by atoms with E-state index in [1.54, 1.807) is 0 Å². The number of aromatic nitrogens is 1. The highest BCUT2D eigenvalue weighted by molar-refractivity contribution is 8.13. The average molecular weight is 223 g/mol. The first-order chi connectivity index (χ1) is 5.84. The van der Waals surface area contributed by atoms with Crippen molar-refractivity contribution in [2.75, 3.05) is 5.73 Å². The summed E-state index contributed by atoms with van der Waals surface area (Å²) in [6.07, 6.45) is 0. The zero-order valence-electron chi connectivity index (χ0n) is 6.69. The van der Waals surface area contributed by atoms with E-state index in [9.17, 15) is 13.2 Å². The van der Waals surface area contributed by atoms with Crippen LogP contribution in [-0.2, 0) is 16.1 Å². The van der Waals surface area contributed by atoms with Gasteiger partial charge in [0, 0.05) is 23.8 Å². The van der Waals surface area contributed by atoms with Gasteiger partial charge in [0.25, 0.3) is 14.6 Å². The van der Waals surface area contributed by atoms with E-state index < -0.39 is 14.6 Å². The fourth-order valence-corrected chi connectivity index (χ4v) is 2.29. The quantitative estimate of drug-likeness (QED) is 0.673. The topological polar surface area (TPSA) is 82.2 Å². The number of nitrogens with zero attached hydrogens (tertiary/aromatic N) is 1. The molecule has 0 saturated heterocycles. The second kappa shape index (κ2) is 3.04. The molecule has 0 atom stereocenters. The lowest BCUT2D eigenvalue weighted by Crippen LogP contribution is -2.21. The minimum absolute atomic E-state index is 0.0444. The number of nitrogen functional groups attached to an aromatic ring is 1. The van der Waals surface area contributed by atoms with Gasteiger partial charge in [-0.25, -0.2) is 8.42 Å². The first-order valence-corrected chi connectivity index (χ1v) is 5.55. The van der Waals surface area contributed by atoms with Crippen LogP contribution in [0.5, 0.6) is 0 Å². The molecule has 0 bridgehead atoms. The molecular weight excluding hydrogens is 216 g/mol. The Labute approximate surface area is 79.2 Å². The molecule has 0 unspecified atom stereocenters. The Morgan fingerprint density at radius 1 is 1.46 bits per heavy atom. The molecule has 1 heterocycles. The summed E-state index contributed by atoms with van der Waals surface area (Å²) in [6, 6.07) is 2.37. The number of pyridine rings is 1. The maximum absolute atomic E-state index is 11.0. The van der Waals surface area contributed by atoms with Gasteiger partial charge in [0.2, 0.25) is 0 Å². The molecule has 1 rings (SSSR count). The van der Waals surface area contributed by atoms with E-state index in [1.165, 1.54) is 19.2 Å². The van der Waals surface area contributed by atoms with Gasteiger partial charge in [0.15, 0.2) is 5.03 Å². The number of anilines is 1. The molecule has 0 aromatic carbocycles. The van der Waals surface area contributed by atoms with E-state index in [4.69, 9.17) is 16.4 Å². The van der Waals surface area contributed by atoms with E-state index >= 15 is 0 Å². The van der Waals surface area contributed by atoms with Gasteiger partial charge >= 0.3 is 0 Å². The molecule has 0 amide bonds. The summed E-state index contributed by atoms with van der Waals surface area (Å²) in [5.41, 5.74) is 4.83. The molecule has 1 aromatic rings. The Balaban J connectivity index is 3.73. The summed E-state index contributed by atoms with van der Waals surface area (Å²) < 4.78 is 22.8. The molecule has 0 saturated carbocycles. The van der Waals surface area contributed by atoms with E-state index in [0.29, 0.717) is 0 Å². The molecule has 0 radical (unpaired) electrons. The van der Waals surface area contributed by atoms with E-state index in [2.05, 4.69) is 0 Å². The van der Waals surface area contributed by atoms with Crippen LogP contribution in [0, 0.1) is 0 Å². The number of halogens is 1. The number of hydrogen-bond donors (Lipinski definition) is 1. The Morgan fingerprint density at radius 2 is 2.00 bits per heavy atom. The molecule has 2 N–H and O–H groups in total. The Kier molecular flexibility index (Phi) is 2.36. The molecule has 0 aliphatic carbocycles. The monoisotopic (exact) mass is 222 g/mol. The molecule has 0 spiro atoms. The summed E-state index contributed by atoms with van der Waals surface area (Å²) in [5.74, 6) is 0. The van der Waals surface area contributed by atoms with Crippen LogP contribution in [0.3, 0.4) is 0 Å². The highest BCUT2D eigenvalue weighted by atomic mass is 35.7. The van der Waals surface area contributed by atoms with Crippen LogP contribution in [0.4, 0.5) is 5.69 Å². The normalized spacial score (nSPS) is 11.5. The summed E-state index contributed by atoms with van der Waals surface area (Å²) in [6.45, 7) is 0. The van der Waals surface area contributed by atoms with Crippen molar-refractivity contribution in [1.82, 2.24) is 4.57 Å². The van der Waals surface area contributed by atoms with Gasteiger partial charge in [-0.2, -0.15) is 0 Å². The minimum Gasteiger partial charge on any atom is -0.396 e. The Morgan fingerprint density at radius 3 is 2.38 bits per heavy atom. The van der Waals surface area contributed by atoms with Gasteiger partial charge in [-0.05, 0) is 6.07 Å². The van der Waals surface area contributed by atoms with Crippen molar-refractivity contribution in [3.05, 3.63) is 22.5 Å². The molecule has 0 aliphatic rings. The predicted octanol–water partition coefficient (Wildman–Crippen LogP) is -0.105. The van der Waals surface area contributed by atoms with Crippen molar-refractivity contribution in [2.45, 2.75) is 5.03 Å². The Hall–Kier alpha value is -1.01. The van der Waals surface area contributed by atoms with Crippen molar-refractivity contribution in [1.29, 1.82) is 0 Å². The van der Waals surface area contributed by atoms with Crippen LogP contribution in [0.2, 0.25) is 0 Å². The average Bonchev–Trinajstić information content (AvgIpc) is 1.95. The second-order valence-electron chi connectivity index (χ2n) is 2.43.